The Morgan fingerprint density at radius 1 is 1.50 bits per heavy atom. The van der Waals surface area contributed by atoms with Gasteiger partial charge in [0.1, 0.15) is 0 Å². The van der Waals surface area contributed by atoms with Gasteiger partial charge in [-0.05, 0) is 13.3 Å². The van der Waals surface area contributed by atoms with Gasteiger partial charge in [0.05, 0.1) is 11.9 Å². The molecule has 0 saturated carbocycles. The smallest absolute Gasteiger partial charge is 0.0991 e. The van der Waals surface area contributed by atoms with Crippen molar-refractivity contribution in [1.29, 1.82) is 0 Å². The molecule has 2 atom stereocenters. The van der Waals surface area contributed by atoms with Crippen molar-refractivity contribution in [2.75, 3.05) is 13.2 Å². The second-order valence-electron chi connectivity index (χ2n) is 5.10. The lowest BCUT2D eigenvalue weighted by molar-refractivity contribution is 0.107. The van der Waals surface area contributed by atoms with E-state index in [-0.39, 0.29) is 5.41 Å². The van der Waals surface area contributed by atoms with Crippen LogP contribution in [0.4, 0.5) is 0 Å². The van der Waals surface area contributed by atoms with Gasteiger partial charge < -0.3 is 10.5 Å². The van der Waals surface area contributed by atoms with Gasteiger partial charge in [-0.1, -0.05) is 20.8 Å². The van der Waals surface area contributed by atoms with Crippen LogP contribution in [0.25, 0.3) is 0 Å². The zero-order chi connectivity index (χ0) is 10.8. The molecule has 1 fully saturated rings. The van der Waals surface area contributed by atoms with Crippen molar-refractivity contribution in [1.82, 2.24) is 0 Å². The maximum atomic E-state index is 5.88. The fraction of sp³-hybridized carbons (Fsp3) is 0.909. The molecule has 0 bridgehead atoms. The van der Waals surface area contributed by atoms with Crippen LogP contribution in [0.15, 0.2) is 4.99 Å². The zero-order valence-corrected chi connectivity index (χ0v) is 9.71. The van der Waals surface area contributed by atoms with Crippen LogP contribution < -0.4 is 5.73 Å². The number of hydrogen-bond acceptors (Lipinski definition) is 2. The summed E-state index contributed by atoms with van der Waals surface area (Å²) in [5, 5.41) is 0. The van der Waals surface area contributed by atoms with E-state index in [4.69, 9.17) is 10.5 Å². The zero-order valence-electron chi connectivity index (χ0n) is 9.71. The summed E-state index contributed by atoms with van der Waals surface area (Å²) in [4.78, 5) is 4.44. The summed E-state index contributed by atoms with van der Waals surface area (Å²) in [6.07, 6.45) is 1.45. The third-order valence-corrected chi connectivity index (χ3v) is 2.80. The Kier molecular flexibility index (Phi) is 3.53. The summed E-state index contributed by atoms with van der Waals surface area (Å²) in [6.45, 7) is 10.0. The van der Waals surface area contributed by atoms with E-state index in [1.54, 1.807) is 0 Å². The Morgan fingerprint density at radius 2 is 2.14 bits per heavy atom. The molecule has 0 aromatic rings. The first kappa shape index (κ1) is 11.5. The summed E-state index contributed by atoms with van der Waals surface area (Å²) in [6, 6.07) is 0. The highest BCUT2D eigenvalue weighted by atomic mass is 16.5. The van der Waals surface area contributed by atoms with Crippen molar-refractivity contribution in [3.63, 3.8) is 0 Å². The van der Waals surface area contributed by atoms with E-state index in [0.717, 1.165) is 25.4 Å². The Bertz CT molecular complexity index is 218. The van der Waals surface area contributed by atoms with Crippen LogP contribution in [-0.2, 0) is 4.74 Å². The highest BCUT2D eigenvalue weighted by Crippen LogP contribution is 2.21. The molecule has 1 aliphatic heterocycles. The normalized spacial score (nSPS) is 29.6. The van der Waals surface area contributed by atoms with E-state index in [1.165, 1.54) is 0 Å². The van der Waals surface area contributed by atoms with Crippen molar-refractivity contribution in [3.8, 4) is 0 Å². The lowest BCUT2D eigenvalue weighted by Gasteiger charge is -2.19. The standard InChI is InChI=1S/C11H22N2O/c1-8-9(5-6-14-8)7-13-10(12)11(2,3)4/h8-9H,5-7H2,1-4H3,(H2,12,13). The Labute approximate surface area is 86.7 Å². The van der Waals surface area contributed by atoms with E-state index in [0.29, 0.717) is 12.0 Å². The molecular weight excluding hydrogens is 176 g/mol. The van der Waals surface area contributed by atoms with Crippen LogP contribution >= 0.6 is 0 Å². The van der Waals surface area contributed by atoms with Crippen LogP contribution in [0, 0.1) is 11.3 Å². The highest BCUT2D eigenvalue weighted by Gasteiger charge is 2.24. The van der Waals surface area contributed by atoms with Crippen molar-refractivity contribution in [2.45, 2.75) is 40.2 Å². The minimum Gasteiger partial charge on any atom is -0.387 e. The molecule has 1 rings (SSSR count). The van der Waals surface area contributed by atoms with Crippen LogP contribution in [0.5, 0.6) is 0 Å². The SMILES string of the molecule is CC1OCCC1CN=C(N)C(C)(C)C. The molecule has 82 valence electrons. The summed E-state index contributed by atoms with van der Waals surface area (Å²) in [7, 11) is 0. The quantitative estimate of drug-likeness (QED) is 0.543. The van der Waals surface area contributed by atoms with Crippen molar-refractivity contribution < 1.29 is 4.74 Å². The first-order valence-corrected chi connectivity index (χ1v) is 5.33. The summed E-state index contributed by atoms with van der Waals surface area (Å²) >= 11 is 0. The third kappa shape index (κ3) is 2.98. The van der Waals surface area contributed by atoms with Crippen molar-refractivity contribution in [3.05, 3.63) is 0 Å². The maximum Gasteiger partial charge on any atom is 0.0991 e. The van der Waals surface area contributed by atoms with E-state index >= 15 is 0 Å². The molecule has 14 heavy (non-hydrogen) atoms. The number of nitrogens with zero attached hydrogens (tertiary/aromatic N) is 1. The van der Waals surface area contributed by atoms with E-state index in [9.17, 15) is 0 Å². The Balaban J connectivity index is 2.46. The van der Waals surface area contributed by atoms with Crippen LogP contribution in [-0.4, -0.2) is 25.1 Å². The van der Waals surface area contributed by atoms with Gasteiger partial charge in [-0.3, -0.25) is 4.99 Å². The molecule has 3 heteroatoms. The Hall–Kier alpha value is -0.570. The summed E-state index contributed by atoms with van der Waals surface area (Å²) in [5.41, 5.74) is 5.87. The second-order valence-corrected chi connectivity index (χ2v) is 5.10. The van der Waals surface area contributed by atoms with Gasteiger partial charge >= 0.3 is 0 Å². The van der Waals surface area contributed by atoms with Crippen molar-refractivity contribution in [2.24, 2.45) is 22.1 Å². The number of nitrogens with two attached hydrogens (primary N) is 1. The predicted molar refractivity (Wildman–Crippen MR) is 59.5 cm³/mol. The minimum absolute atomic E-state index is 0.0112. The summed E-state index contributed by atoms with van der Waals surface area (Å²) in [5.74, 6) is 1.30. The molecular formula is C11H22N2O. The number of aliphatic imine (C=N–C) groups is 1. The number of amidine groups is 1. The van der Waals surface area contributed by atoms with Crippen LogP contribution in [0.1, 0.15) is 34.1 Å². The van der Waals surface area contributed by atoms with Gasteiger partial charge in [0.25, 0.3) is 0 Å². The average molecular weight is 198 g/mol. The molecule has 0 aromatic carbocycles. The van der Waals surface area contributed by atoms with Gasteiger partial charge in [0, 0.05) is 24.5 Å². The molecule has 3 nitrogen and oxygen atoms in total. The molecule has 1 heterocycles. The van der Waals surface area contributed by atoms with Crippen molar-refractivity contribution >= 4 is 5.84 Å². The molecule has 2 N–H and O–H groups in total. The van der Waals surface area contributed by atoms with Gasteiger partial charge in [-0.15, -0.1) is 0 Å². The number of ether oxygens (including phenoxy) is 1. The summed E-state index contributed by atoms with van der Waals surface area (Å²) < 4.78 is 5.47. The monoisotopic (exact) mass is 198 g/mol. The molecule has 2 unspecified atom stereocenters. The van der Waals surface area contributed by atoms with E-state index in [2.05, 4.69) is 32.7 Å². The molecule has 0 amide bonds. The largest absolute Gasteiger partial charge is 0.387 e. The Morgan fingerprint density at radius 3 is 2.57 bits per heavy atom. The lowest BCUT2D eigenvalue weighted by Crippen LogP contribution is -2.30. The van der Waals surface area contributed by atoms with E-state index in [1.807, 2.05) is 0 Å². The first-order chi connectivity index (χ1) is 6.41. The number of rotatable bonds is 2. The lowest BCUT2D eigenvalue weighted by atomic mass is 9.95. The highest BCUT2D eigenvalue weighted by molar-refractivity contribution is 5.85. The molecule has 0 spiro atoms. The first-order valence-electron chi connectivity index (χ1n) is 5.33. The fourth-order valence-electron chi connectivity index (χ4n) is 1.47. The second kappa shape index (κ2) is 4.30. The predicted octanol–water partition coefficient (Wildman–Crippen LogP) is 1.81. The van der Waals surface area contributed by atoms with Gasteiger partial charge in [-0.25, -0.2) is 0 Å². The van der Waals surface area contributed by atoms with E-state index < -0.39 is 0 Å². The minimum atomic E-state index is -0.0112. The van der Waals surface area contributed by atoms with Gasteiger partial charge in [-0.2, -0.15) is 0 Å². The topological polar surface area (TPSA) is 47.6 Å². The molecule has 0 aliphatic carbocycles. The molecule has 1 aliphatic rings. The molecule has 0 aromatic heterocycles. The van der Waals surface area contributed by atoms with Crippen LogP contribution in [0.3, 0.4) is 0 Å². The fourth-order valence-corrected chi connectivity index (χ4v) is 1.47. The van der Waals surface area contributed by atoms with Crippen LogP contribution in [0.2, 0.25) is 0 Å². The molecule has 1 saturated heterocycles. The molecule has 0 radical (unpaired) electrons. The average Bonchev–Trinajstić information content (AvgIpc) is 2.45. The van der Waals surface area contributed by atoms with Gasteiger partial charge in [0.15, 0.2) is 0 Å². The van der Waals surface area contributed by atoms with Gasteiger partial charge in [0.2, 0.25) is 0 Å². The number of hydrogen-bond donors (Lipinski definition) is 1. The third-order valence-electron chi connectivity index (χ3n) is 2.80. The maximum absolute atomic E-state index is 5.88.